The van der Waals surface area contributed by atoms with E-state index in [0.717, 1.165) is 25.2 Å². The van der Waals surface area contributed by atoms with Crippen LogP contribution in [0.5, 0.6) is 0 Å². The third kappa shape index (κ3) is 1.88. The monoisotopic (exact) mass is 238 g/mol. The standard InChI is InChI=1S/C15H14N2O/c18-11-17-9-8-16-15(17)10-13-6-3-5-12-4-1-2-7-14(12)13/h1-7,11H,8-10H2. The van der Waals surface area contributed by atoms with Gasteiger partial charge in [-0.05, 0) is 16.3 Å². The van der Waals surface area contributed by atoms with Crippen molar-refractivity contribution in [2.24, 2.45) is 4.99 Å². The maximum absolute atomic E-state index is 10.9. The van der Waals surface area contributed by atoms with E-state index in [-0.39, 0.29) is 0 Å². The Morgan fingerprint density at radius 3 is 2.89 bits per heavy atom. The second-order valence-corrected chi connectivity index (χ2v) is 4.41. The fourth-order valence-corrected chi connectivity index (χ4v) is 2.39. The first-order valence-electron chi connectivity index (χ1n) is 6.10. The average Bonchev–Trinajstić information content (AvgIpc) is 2.86. The zero-order valence-corrected chi connectivity index (χ0v) is 10.0. The normalized spacial score (nSPS) is 14.9. The van der Waals surface area contributed by atoms with E-state index in [1.807, 2.05) is 12.1 Å². The molecule has 0 unspecified atom stereocenters. The number of hydrogen-bond donors (Lipinski definition) is 0. The van der Waals surface area contributed by atoms with Crippen molar-refractivity contribution >= 4 is 23.0 Å². The molecule has 0 radical (unpaired) electrons. The quantitative estimate of drug-likeness (QED) is 0.755. The van der Waals surface area contributed by atoms with Crippen molar-refractivity contribution in [2.75, 3.05) is 13.1 Å². The predicted molar refractivity (Wildman–Crippen MR) is 72.7 cm³/mol. The maximum Gasteiger partial charge on any atom is 0.215 e. The summed E-state index contributed by atoms with van der Waals surface area (Å²) in [7, 11) is 0. The topological polar surface area (TPSA) is 32.7 Å². The van der Waals surface area contributed by atoms with Gasteiger partial charge in [0.15, 0.2) is 0 Å². The third-order valence-electron chi connectivity index (χ3n) is 3.32. The van der Waals surface area contributed by atoms with Crippen molar-refractivity contribution in [3.63, 3.8) is 0 Å². The van der Waals surface area contributed by atoms with Crippen molar-refractivity contribution in [3.8, 4) is 0 Å². The molecule has 0 spiro atoms. The van der Waals surface area contributed by atoms with E-state index >= 15 is 0 Å². The van der Waals surface area contributed by atoms with Gasteiger partial charge < -0.3 is 4.90 Å². The number of nitrogens with zero attached hydrogens (tertiary/aromatic N) is 2. The summed E-state index contributed by atoms with van der Waals surface area (Å²) in [4.78, 5) is 17.0. The summed E-state index contributed by atoms with van der Waals surface area (Å²) in [6.07, 6.45) is 1.59. The van der Waals surface area contributed by atoms with Gasteiger partial charge >= 0.3 is 0 Å². The molecule has 0 N–H and O–H groups in total. The van der Waals surface area contributed by atoms with Gasteiger partial charge in [-0.15, -0.1) is 0 Å². The molecule has 3 heteroatoms. The molecule has 3 nitrogen and oxygen atoms in total. The number of aliphatic imine (C=N–C) groups is 1. The summed E-state index contributed by atoms with van der Waals surface area (Å²) in [6.45, 7) is 1.43. The van der Waals surface area contributed by atoms with Gasteiger partial charge in [-0.1, -0.05) is 42.5 Å². The number of fused-ring (bicyclic) bond motifs is 1. The molecular weight excluding hydrogens is 224 g/mol. The highest BCUT2D eigenvalue weighted by atomic mass is 16.1. The van der Waals surface area contributed by atoms with Crippen molar-refractivity contribution in [1.82, 2.24) is 4.90 Å². The van der Waals surface area contributed by atoms with Crippen molar-refractivity contribution in [2.45, 2.75) is 6.42 Å². The van der Waals surface area contributed by atoms with Crippen LogP contribution < -0.4 is 0 Å². The molecule has 0 saturated heterocycles. The second kappa shape index (κ2) is 4.61. The van der Waals surface area contributed by atoms with E-state index in [1.54, 1.807) is 4.90 Å². The third-order valence-corrected chi connectivity index (χ3v) is 3.32. The number of benzene rings is 2. The molecule has 1 aliphatic heterocycles. The smallest absolute Gasteiger partial charge is 0.215 e. The van der Waals surface area contributed by atoms with Crippen LogP contribution in [-0.2, 0) is 11.2 Å². The molecule has 18 heavy (non-hydrogen) atoms. The van der Waals surface area contributed by atoms with Gasteiger partial charge in [0.2, 0.25) is 6.41 Å². The number of amidine groups is 1. The van der Waals surface area contributed by atoms with Gasteiger partial charge in [-0.25, -0.2) is 0 Å². The minimum absolute atomic E-state index is 0.712. The molecule has 3 rings (SSSR count). The van der Waals surface area contributed by atoms with Gasteiger partial charge in [0, 0.05) is 13.0 Å². The lowest BCUT2D eigenvalue weighted by molar-refractivity contribution is -0.114. The molecule has 2 aromatic rings. The van der Waals surface area contributed by atoms with E-state index < -0.39 is 0 Å². The van der Waals surface area contributed by atoms with Crippen LogP contribution in [0.3, 0.4) is 0 Å². The molecule has 1 amide bonds. The Kier molecular flexibility index (Phi) is 2.81. The second-order valence-electron chi connectivity index (χ2n) is 4.41. The highest BCUT2D eigenvalue weighted by molar-refractivity contribution is 5.96. The van der Waals surface area contributed by atoms with Gasteiger partial charge in [-0.3, -0.25) is 9.79 Å². The van der Waals surface area contributed by atoms with E-state index in [9.17, 15) is 4.79 Å². The van der Waals surface area contributed by atoms with Crippen LogP contribution in [-0.4, -0.2) is 30.2 Å². The number of carbonyl (C=O) groups excluding carboxylic acids is 1. The van der Waals surface area contributed by atoms with E-state index in [0.29, 0.717) is 6.54 Å². The van der Waals surface area contributed by atoms with Crippen LogP contribution in [0.2, 0.25) is 0 Å². The fourth-order valence-electron chi connectivity index (χ4n) is 2.39. The summed E-state index contributed by atoms with van der Waals surface area (Å²) in [5.41, 5.74) is 1.22. The minimum atomic E-state index is 0.712. The van der Waals surface area contributed by atoms with Crippen LogP contribution in [0, 0.1) is 0 Å². The fraction of sp³-hybridized carbons (Fsp3) is 0.200. The molecule has 0 bridgehead atoms. The largest absolute Gasteiger partial charge is 0.301 e. The first-order chi connectivity index (χ1) is 8.88. The lowest BCUT2D eigenvalue weighted by Crippen LogP contribution is -2.27. The first kappa shape index (κ1) is 11.0. The Hall–Kier alpha value is -2.16. The SMILES string of the molecule is O=CN1CCN=C1Cc1cccc2ccccc12. The molecule has 0 fully saturated rings. The van der Waals surface area contributed by atoms with Crippen molar-refractivity contribution < 1.29 is 4.79 Å². The lowest BCUT2D eigenvalue weighted by Gasteiger charge is -2.13. The molecule has 0 saturated carbocycles. The number of amides is 1. The number of carbonyl (C=O) groups is 1. The zero-order valence-electron chi connectivity index (χ0n) is 10.0. The summed E-state index contributed by atoms with van der Waals surface area (Å²) in [5, 5.41) is 2.46. The van der Waals surface area contributed by atoms with Crippen molar-refractivity contribution in [3.05, 3.63) is 48.0 Å². The zero-order chi connectivity index (χ0) is 12.4. The van der Waals surface area contributed by atoms with Crippen LogP contribution in [0.1, 0.15) is 5.56 Å². The van der Waals surface area contributed by atoms with Gasteiger partial charge in [0.25, 0.3) is 0 Å². The number of rotatable bonds is 3. The van der Waals surface area contributed by atoms with Crippen LogP contribution >= 0.6 is 0 Å². The Labute approximate surface area is 106 Å². The van der Waals surface area contributed by atoms with E-state index in [4.69, 9.17) is 0 Å². The Morgan fingerprint density at radius 2 is 2.00 bits per heavy atom. The molecule has 1 heterocycles. The minimum Gasteiger partial charge on any atom is -0.301 e. The van der Waals surface area contributed by atoms with Gasteiger partial charge in [0.1, 0.15) is 5.84 Å². The highest BCUT2D eigenvalue weighted by Gasteiger charge is 2.16. The summed E-state index contributed by atoms with van der Waals surface area (Å²) in [5.74, 6) is 0.876. The molecule has 0 aliphatic carbocycles. The molecule has 0 aromatic heterocycles. The van der Waals surface area contributed by atoms with Crippen molar-refractivity contribution in [1.29, 1.82) is 0 Å². The van der Waals surface area contributed by atoms with Crippen LogP contribution in [0.15, 0.2) is 47.5 Å². The number of hydrogen-bond acceptors (Lipinski definition) is 2. The van der Waals surface area contributed by atoms with Gasteiger partial charge in [-0.2, -0.15) is 0 Å². The predicted octanol–water partition coefficient (Wildman–Crippen LogP) is 2.25. The summed E-state index contributed by atoms with van der Waals surface area (Å²) >= 11 is 0. The van der Waals surface area contributed by atoms with Gasteiger partial charge in [0.05, 0.1) is 6.54 Å². The Morgan fingerprint density at radius 1 is 1.17 bits per heavy atom. The molecule has 0 atom stereocenters. The average molecular weight is 238 g/mol. The lowest BCUT2D eigenvalue weighted by atomic mass is 10.0. The molecular formula is C15H14N2O. The first-order valence-corrected chi connectivity index (χ1v) is 6.10. The maximum atomic E-state index is 10.9. The Bertz CT molecular complexity index is 613. The summed E-state index contributed by atoms with van der Waals surface area (Å²) in [6, 6.07) is 14.6. The molecule has 1 aliphatic rings. The van der Waals surface area contributed by atoms with Crippen LogP contribution in [0.25, 0.3) is 10.8 Å². The molecule has 90 valence electrons. The highest BCUT2D eigenvalue weighted by Crippen LogP contribution is 2.20. The van der Waals surface area contributed by atoms with E-state index in [1.165, 1.54) is 16.3 Å². The van der Waals surface area contributed by atoms with E-state index in [2.05, 4.69) is 35.3 Å². The summed E-state index contributed by atoms with van der Waals surface area (Å²) < 4.78 is 0. The van der Waals surface area contributed by atoms with Crippen LogP contribution in [0.4, 0.5) is 0 Å². The Balaban J connectivity index is 1.98. The molecule has 2 aromatic carbocycles.